The Hall–Kier alpha value is -1.29. The molecule has 1 aliphatic heterocycles. The molecule has 3 rings (SSSR count). The number of fused-ring (bicyclic) bond motifs is 1. The lowest BCUT2D eigenvalue weighted by molar-refractivity contribution is 0.171. The van der Waals surface area contributed by atoms with Crippen molar-refractivity contribution in [1.82, 2.24) is 5.32 Å². The summed E-state index contributed by atoms with van der Waals surface area (Å²) < 4.78 is 0. The Morgan fingerprint density at radius 1 is 1.10 bits per heavy atom. The van der Waals surface area contributed by atoms with Gasteiger partial charge in [-0.05, 0) is 16.7 Å². The fraction of sp³-hybridized carbons (Fsp3) is 0.294. The van der Waals surface area contributed by atoms with Gasteiger partial charge in [0.1, 0.15) is 0 Å². The SMILES string of the molecule is OC(CNC1CSCc2ccccc21)c1ccccc1. The topological polar surface area (TPSA) is 32.3 Å². The largest absolute Gasteiger partial charge is 0.387 e. The number of nitrogens with one attached hydrogen (secondary N) is 1. The zero-order valence-corrected chi connectivity index (χ0v) is 12.1. The maximum absolute atomic E-state index is 10.2. The fourth-order valence-corrected chi connectivity index (χ4v) is 3.73. The van der Waals surface area contributed by atoms with Crippen molar-refractivity contribution < 1.29 is 5.11 Å². The molecule has 2 N–H and O–H groups in total. The molecule has 0 saturated heterocycles. The average molecular weight is 285 g/mol. The molecule has 0 saturated carbocycles. The van der Waals surface area contributed by atoms with Crippen molar-refractivity contribution in [2.24, 2.45) is 0 Å². The van der Waals surface area contributed by atoms with Gasteiger partial charge in [0.15, 0.2) is 0 Å². The van der Waals surface area contributed by atoms with Gasteiger partial charge in [0.25, 0.3) is 0 Å². The van der Waals surface area contributed by atoms with E-state index in [0.29, 0.717) is 12.6 Å². The van der Waals surface area contributed by atoms with E-state index in [1.807, 2.05) is 42.1 Å². The highest BCUT2D eigenvalue weighted by Gasteiger charge is 2.20. The van der Waals surface area contributed by atoms with E-state index in [2.05, 4.69) is 29.6 Å². The van der Waals surface area contributed by atoms with Gasteiger partial charge >= 0.3 is 0 Å². The van der Waals surface area contributed by atoms with Gasteiger partial charge < -0.3 is 10.4 Å². The number of rotatable bonds is 4. The quantitative estimate of drug-likeness (QED) is 0.904. The smallest absolute Gasteiger partial charge is 0.0914 e. The first-order chi connectivity index (χ1) is 9.84. The minimum atomic E-state index is -0.449. The molecule has 2 aromatic rings. The normalized spacial score (nSPS) is 19.4. The van der Waals surface area contributed by atoms with E-state index in [1.54, 1.807) is 0 Å². The molecule has 0 spiro atoms. The zero-order chi connectivity index (χ0) is 13.8. The lowest BCUT2D eigenvalue weighted by Gasteiger charge is -2.27. The van der Waals surface area contributed by atoms with Gasteiger partial charge in [-0.2, -0.15) is 11.8 Å². The standard InChI is InChI=1S/C17H19NOS/c19-17(13-6-2-1-3-7-13)10-18-16-12-20-11-14-8-4-5-9-15(14)16/h1-9,16-19H,10-12H2. The summed E-state index contributed by atoms with van der Waals surface area (Å²) in [4.78, 5) is 0. The number of hydrogen-bond acceptors (Lipinski definition) is 3. The van der Waals surface area contributed by atoms with E-state index >= 15 is 0 Å². The summed E-state index contributed by atoms with van der Waals surface area (Å²) in [5, 5.41) is 13.7. The van der Waals surface area contributed by atoms with Crippen LogP contribution in [0.3, 0.4) is 0 Å². The second-order valence-electron chi connectivity index (χ2n) is 5.10. The third-order valence-electron chi connectivity index (χ3n) is 3.71. The van der Waals surface area contributed by atoms with Gasteiger partial charge in [0.05, 0.1) is 6.10 Å². The third kappa shape index (κ3) is 3.06. The van der Waals surface area contributed by atoms with Crippen LogP contribution in [0.2, 0.25) is 0 Å². The lowest BCUT2D eigenvalue weighted by Crippen LogP contribution is -2.30. The molecule has 2 aromatic carbocycles. The Morgan fingerprint density at radius 3 is 2.70 bits per heavy atom. The summed E-state index contributed by atoms with van der Waals surface area (Å²) in [7, 11) is 0. The van der Waals surface area contributed by atoms with Crippen molar-refractivity contribution in [3.05, 3.63) is 71.3 Å². The summed E-state index contributed by atoms with van der Waals surface area (Å²) in [6, 6.07) is 18.8. The number of aliphatic hydroxyl groups is 1. The van der Waals surface area contributed by atoms with E-state index in [4.69, 9.17) is 0 Å². The highest BCUT2D eigenvalue weighted by molar-refractivity contribution is 7.98. The lowest BCUT2D eigenvalue weighted by atomic mass is 10.0. The fourth-order valence-electron chi connectivity index (χ4n) is 2.60. The van der Waals surface area contributed by atoms with Crippen LogP contribution >= 0.6 is 11.8 Å². The minimum Gasteiger partial charge on any atom is -0.387 e. The molecule has 0 aliphatic carbocycles. The first-order valence-electron chi connectivity index (χ1n) is 6.96. The van der Waals surface area contributed by atoms with Crippen molar-refractivity contribution in [3.8, 4) is 0 Å². The highest BCUT2D eigenvalue weighted by atomic mass is 32.2. The van der Waals surface area contributed by atoms with Crippen LogP contribution in [-0.2, 0) is 5.75 Å². The van der Waals surface area contributed by atoms with Gasteiger partial charge in [0.2, 0.25) is 0 Å². The molecule has 0 aromatic heterocycles. The first kappa shape index (κ1) is 13.7. The number of aliphatic hydroxyl groups excluding tert-OH is 1. The maximum Gasteiger partial charge on any atom is 0.0914 e. The molecule has 0 radical (unpaired) electrons. The van der Waals surface area contributed by atoms with Crippen LogP contribution in [0.15, 0.2) is 54.6 Å². The van der Waals surface area contributed by atoms with Crippen LogP contribution in [-0.4, -0.2) is 17.4 Å². The van der Waals surface area contributed by atoms with Gasteiger partial charge in [-0.15, -0.1) is 0 Å². The van der Waals surface area contributed by atoms with Crippen LogP contribution in [0.25, 0.3) is 0 Å². The van der Waals surface area contributed by atoms with Gasteiger partial charge in [0, 0.05) is 24.1 Å². The van der Waals surface area contributed by atoms with Crippen molar-refractivity contribution >= 4 is 11.8 Å². The van der Waals surface area contributed by atoms with Crippen molar-refractivity contribution in [1.29, 1.82) is 0 Å². The van der Waals surface area contributed by atoms with Crippen molar-refractivity contribution in [3.63, 3.8) is 0 Å². The molecule has 3 heteroatoms. The second-order valence-corrected chi connectivity index (χ2v) is 6.13. The summed E-state index contributed by atoms with van der Waals surface area (Å²) in [6.45, 7) is 0.587. The summed E-state index contributed by atoms with van der Waals surface area (Å²) in [5.74, 6) is 2.16. The Morgan fingerprint density at radius 2 is 1.85 bits per heavy atom. The monoisotopic (exact) mass is 285 g/mol. The molecular formula is C17H19NOS. The second kappa shape index (κ2) is 6.44. The predicted octanol–water partition coefficient (Wildman–Crippen LogP) is 3.30. The summed E-state index contributed by atoms with van der Waals surface area (Å²) in [6.07, 6.45) is -0.449. The first-order valence-corrected chi connectivity index (χ1v) is 8.12. The van der Waals surface area contributed by atoms with Gasteiger partial charge in [-0.3, -0.25) is 0 Å². The Balaban J connectivity index is 1.65. The average Bonchev–Trinajstić information content (AvgIpc) is 2.53. The molecule has 2 nitrogen and oxygen atoms in total. The Bertz CT molecular complexity index is 558. The van der Waals surface area contributed by atoms with Crippen LogP contribution in [0.5, 0.6) is 0 Å². The van der Waals surface area contributed by atoms with Crippen molar-refractivity contribution in [2.45, 2.75) is 17.9 Å². The summed E-state index contributed by atoms with van der Waals surface area (Å²) in [5.41, 5.74) is 3.76. The van der Waals surface area contributed by atoms with Crippen LogP contribution in [0.1, 0.15) is 28.8 Å². The van der Waals surface area contributed by atoms with Crippen LogP contribution < -0.4 is 5.32 Å². The zero-order valence-electron chi connectivity index (χ0n) is 11.3. The minimum absolute atomic E-state index is 0.336. The number of thioether (sulfide) groups is 1. The molecule has 20 heavy (non-hydrogen) atoms. The van der Waals surface area contributed by atoms with Crippen LogP contribution in [0.4, 0.5) is 0 Å². The summed E-state index contributed by atoms with van der Waals surface area (Å²) >= 11 is 1.95. The molecule has 104 valence electrons. The van der Waals surface area contributed by atoms with Gasteiger partial charge in [-0.25, -0.2) is 0 Å². The molecule has 1 aliphatic rings. The van der Waals surface area contributed by atoms with Gasteiger partial charge in [-0.1, -0.05) is 54.6 Å². The Labute approximate surface area is 124 Å². The molecule has 0 amide bonds. The molecule has 0 bridgehead atoms. The van der Waals surface area contributed by atoms with Crippen LogP contribution in [0, 0.1) is 0 Å². The maximum atomic E-state index is 10.2. The number of benzene rings is 2. The van der Waals surface area contributed by atoms with E-state index in [-0.39, 0.29) is 0 Å². The molecule has 0 fully saturated rings. The van der Waals surface area contributed by atoms with E-state index in [0.717, 1.165) is 17.1 Å². The highest BCUT2D eigenvalue weighted by Crippen LogP contribution is 2.31. The molecule has 1 heterocycles. The molecule has 2 atom stereocenters. The van der Waals surface area contributed by atoms with E-state index in [9.17, 15) is 5.11 Å². The predicted molar refractivity (Wildman–Crippen MR) is 84.7 cm³/mol. The molecule has 2 unspecified atom stereocenters. The van der Waals surface area contributed by atoms with Crippen molar-refractivity contribution in [2.75, 3.05) is 12.3 Å². The number of hydrogen-bond donors (Lipinski definition) is 2. The third-order valence-corrected chi connectivity index (χ3v) is 4.80. The Kier molecular flexibility index (Phi) is 4.41. The molecular weight excluding hydrogens is 266 g/mol. The van der Waals surface area contributed by atoms with E-state index in [1.165, 1.54) is 11.1 Å². The van der Waals surface area contributed by atoms with E-state index < -0.39 is 6.10 Å².